The van der Waals surface area contributed by atoms with E-state index in [9.17, 15) is 9.90 Å². The zero-order valence-corrected chi connectivity index (χ0v) is 7.15. The molecule has 0 aromatic carbocycles. The Morgan fingerprint density at radius 2 is 1.64 bits per heavy atom. The fourth-order valence-electron chi connectivity index (χ4n) is 1.27. The molecule has 5 N–H and O–H groups in total. The van der Waals surface area contributed by atoms with Gasteiger partial charge in [-0.15, -0.1) is 0 Å². The average Bonchev–Trinajstić information content (AvgIpc) is 2.10. The van der Waals surface area contributed by atoms with Crippen molar-refractivity contribution < 1.29 is 35.1 Å². The number of carboxylic acid groups (broad SMARTS) is 1. The minimum Gasteiger partial charge on any atom is -0.481 e. The molecular weight excluding hydrogens is 196 g/mol. The quantitative estimate of drug-likeness (QED) is 0.333. The first-order chi connectivity index (χ1) is 6.43. The summed E-state index contributed by atoms with van der Waals surface area (Å²) in [5.74, 6) is -1.23. The molecule has 82 valence electrons. The summed E-state index contributed by atoms with van der Waals surface area (Å²) in [6, 6.07) is 0. The summed E-state index contributed by atoms with van der Waals surface area (Å²) < 4.78 is 4.61. The maximum atomic E-state index is 10.3. The number of rotatable bonds is 2. The minimum absolute atomic E-state index is 0.554. The molecule has 1 saturated heterocycles. The first kappa shape index (κ1) is 11.3. The van der Waals surface area contributed by atoms with Crippen molar-refractivity contribution in [2.24, 2.45) is 0 Å². The third kappa shape index (κ3) is 2.20. The Labute approximate surface area is 79.2 Å². The van der Waals surface area contributed by atoms with Gasteiger partial charge in [-0.2, -0.15) is 0 Å². The van der Waals surface area contributed by atoms with E-state index >= 15 is 0 Å². The molecule has 0 aromatic rings. The zero-order chi connectivity index (χ0) is 10.9. The number of ether oxygens (including phenoxy) is 1. The van der Waals surface area contributed by atoms with Gasteiger partial charge < -0.3 is 30.3 Å². The molecule has 1 aliphatic rings. The van der Waals surface area contributed by atoms with Crippen LogP contribution in [0, 0.1) is 0 Å². The molecule has 5 atom stereocenters. The summed E-state index contributed by atoms with van der Waals surface area (Å²) in [6.07, 6.45) is -8.22. The zero-order valence-electron chi connectivity index (χ0n) is 7.15. The van der Waals surface area contributed by atoms with E-state index in [0.717, 1.165) is 0 Å². The predicted octanol–water partition coefficient (Wildman–Crippen LogP) is -2.74. The standard InChI is InChI=1S/C7H12O7/c8-3(9)1-2-4(10)5(11)6(12)7(13)14-2/h2,4-7,10-13H,1H2,(H,8,9)/t2-,4-,5+,6-,7+/m1/s1. The molecular formula is C7H12O7. The van der Waals surface area contributed by atoms with E-state index in [1.807, 2.05) is 0 Å². The van der Waals surface area contributed by atoms with E-state index < -0.39 is 43.1 Å². The van der Waals surface area contributed by atoms with Gasteiger partial charge in [-0.05, 0) is 0 Å². The van der Waals surface area contributed by atoms with Crippen molar-refractivity contribution in [1.29, 1.82) is 0 Å². The lowest BCUT2D eigenvalue weighted by Gasteiger charge is -2.37. The first-order valence-electron chi connectivity index (χ1n) is 4.03. The maximum Gasteiger partial charge on any atom is 0.306 e. The predicted molar refractivity (Wildman–Crippen MR) is 41.2 cm³/mol. The molecule has 1 aliphatic heterocycles. The van der Waals surface area contributed by atoms with Gasteiger partial charge in [0, 0.05) is 0 Å². The summed E-state index contributed by atoms with van der Waals surface area (Å²) in [6.45, 7) is 0. The number of hydrogen-bond acceptors (Lipinski definition) is 6. The summed E-state index contributed by atoms with van der Waals surface area (Å²) in [4.78, 5) is 10.3. The van der Waals surface area contributed by atoms with Crippen molar-refractivity contribution in [2.75, 3.05) is 0 Å². The highest BCUT2D eigenvalue weighted by Crippen LogP contribution is 2.21. The van der Waals surface area contributed by atoms with E-state index in [4.69, 9.17) is 20.4 Å². The third-order valence-corrected chi connectivity index (χ3v) is 2.06. The SMILES string of the molecule is O=C(O)C[C@H]1O[C@H](O)[C@H](O)[C@@H](O)[C@@H]1O. The lowest BCUT2D eigenvalue weighted by molar-refractivity contribution is -0.282. The highest BCUT2D eigenvalue weighted by molar-refractivity contribution is 5.67. The smallest absolute Gasteiger partial charge is 0.306 e. The van der Waals surface area contributed by atoms with E-state index in [1.165, 1.54) is 0 Å². The summed E-state index contributed by atoms with van der Waals surface area (Å²) in [5.41, 5.74) is 0. The van der Waals surface area contributed by atoms with Crippen molar-refractivity contribution in [3.63, 3.8) is 0 Å². The fourth-order valence-corrected chi connectivity index (χ4v) is 1.27. The van der Waals surface area contributed by atoms with Gasteiger partial charge in [0.1, 0.15) is 18.3 Å². The number of aliphatic hydroxyl groups excluding tert-OH is 4. The molecule has 7 heteroatoms. The van der Waals surface area contributed by atoms with Crippen LogP contribution in [-0.2, 0) is 9.53 Å². The van der Waals surface area contributed by atoms with Crippen LogP contribution in [0.4, 0.5) is 0 Å². The Morgan fingerprint density at radius 1 is 1.07 bits per heavy atom. The van der Waals surface area contributed by atoms with Gasteiger partial charge in [0.05, 0.1) is 12.5 Å². The summed E-state index contributed by atoms with van der Waals surface area (Å²) >= 11 is 0. The monoisotopic (exact) mass is 208 g/mol. The summed E-state index contributed by atoms with van der Waals surface area (Å²) in [5, 5.41) is 44.9. The van der Waals surface area contributed by atoms with Crippen molar-refractivity contribution in [3.05, 3.63) is 0 Å². The average molecular weight is 208 g/mol. The molecule has 0 saturated carbocycles. The molecule has 0 unspecified atom stereocenters. The lowest BCUT2D eigenvalue weighted by atomic mass is 9.97. The molecule has 0 radical (unpaired) electrons. The topological polar surface area (TPSA) is 127 Å². The van der Waals surface area contributed by atoms with Crippen molar-refractivity contribution >= 4 is 5.97 Å². The number of carboxylic acids is 1. The van der Waals surface area contributed by atoms with Crippen LogP contribution in [-0.4, -0.2) is 62.2 Å². The molecule has 0 aliphatic carbocycles. The normalized spacial score (nSPS) is 43.6. The molecule has 1 heterocycles. The van der Waals surface area contributed by atoms with Crippen LogP contribution < -0.4 is 0 Å². The molecule has 0 bridgehead atoms. The Bertz CT molecular complexity index is 218. The third-order valence-electron chi connectivity index (χ3n) is 2.06. The molecule has 14 heavy (non-hydrogen) atoms. The summed E-state index contributed by atoms with van der Waals surface area (Å²) in [7, 11) is 0. The molecule has 0 spiro atoms. The Balaban J connectivity index is 2.65. The number of hydrogen-bond donors (Lipinski definition) is 5. The van der Waals surface area contributed by atoms with Gasteiger partial charge in [-0.1, -0.05) is 0 Å². The van der Waals surface area contributed by atoms with Gasteiger partial charge in [-0.25, -0.2) is 0 Å². The lowest BCUT2D eigenvalue weighted by Crippen LogP contribution is -2.57. The van der Waals surface area contributed by atoms with Crippen LogP contribution in [0.5, 0.6) is 0 Å². The molecule has 0 amide bonds. The number of carbonyl (C=O) groups is 1. The second-order valence-electron chi connectivity index (χ2n) is 3.13. The molecule has 1 fully saturated rings. The Morgan fingerprint density at radius 3 is 2.14 bits per heavy atom. The van der Waals surface area contributed by atoms with E-state index in [0.29, 0.717) is 0 Å². The van der Waals surface area contributed by atoms with Gasteiger partial charge in [0.2, 0.25) is 0 Å². The largest absolute Gasteiger partial charge is 0.481 e. The van der Waals surface area contributed by atoms with Crippen LogP contribution in [0.3, 0.4) is 0 Å². The van der Waals surface area contributed by atoms with E-state index in [1.54, 1.807) is 0 Å². The molecule has 1 rings (SSSR count). The Hall–Kier alpha value is -0.730. The number of aliphatic carboxylic acids is 1. The van der Waals surface area contributed by atoms with Gasteiger partial charge in [0.15, 0.2) is 6.29 Å². The van der Waals surface area contributed by atoms with Crippen molar-refractivity contribution in [3.8, 4) is 0 Å². The van der Waals surface area contributed by atoms with E-state index in [-0.39, 0.29) is 0 Å². The Kier molecular flexibility index (Phi) is 3.40. The van der Waals surface area contributed by atoms with Crippen molar-refractivity contribution in [2.45, 2.75) is 37.1 Å². The van der Waals surface area contributed by atoms with Gasteiger partial charge >= 0.3 is 5.97 Å². The van der Waals surface area contributed by atoms with Crippen LogP contribution in [0.1, 0.15) is 6.42 Å². The van der Waals surface area contributed by atoms with Crippen LogP contribution in [0.25, 0.3) is 0 Å². The van der Waals surface area contributed by atoms with Crippen molar-refractivity contribution in [1.82, 2.24) is 0 Å². The first-order valence-corrected chi connectivity index (χ1v) is 4.03. The fraction of sp³-hybridized carbons (Fsp3) is 0.857. The number of aliphatic hydroxyl groups is 4. The van der Waals surface area contributed by atoms with Crippen LogP contribution in [0.2, 0.25) is 0 Å². The molecule has 7 nitrogen and oxygen atoms in total. The second-order valence-corrected chi connectivity index (χ2v) is 3.13. The van der Waals surface area contributed by atoms with Crippen LogP contribution in [0.15, 0.2) is 0 Å². The van der Waals surface area contributed by atoms with Gasteiger partial charge in [0.25, 0.3) is 0 Å². The highest BCUT2D eigenvalue weighted by Gasteiger charge is 2.43. The minimum atomic E-state index is -1.68. The van der Waals surface area contributed by atoms with E-state index in [2.05, 4.69) is 4.74 Å². The second kappa shape index (κ2) is 4.20. The van der Waals surface area contributed by atoms with Gasteiger partial charge in [-0.3, -0.25) is 4.79 Å². The maximum absolute atomic E-state index is 10.3. The molecule has 0 aromatic heterocycles. The highest BCUT2D eigenvalue weighted by atomic mass is 16.6. The van der Waals surface area contributed by atoms with Crippen LogP contribution >= 0.6 is 0 Å².